The lowest BCUT2D eigenvalue weighted by Gasteiger charge is -2.28. The molecule has 0 amide bonds. The highest BCUT2D eigenvalue weighted by atomic mass is 15.0. The van der Waals surface area contributed by atoms with E-state index in [4.69, 9.17) is 0 Å². The zero-order chi connectivity index (χ0) is 12.3. The van der Waals surface area contributed by atoms with Crippen molar-refractivity contribution in [1.29, 1.82) is 0 Å². The molecule has 3 unspecified atom stereocenters. The smallest absolute Gasteiger partial charge is 0.0358 e. The van der Waals surface area contributed by atoms with Crippen LogP contribution in [0.25, 0.3) is 0 Å². The van der Waals surface area contributed by atoms with Gasteiger partial charge in [-0.25, -0.2) is 0 Å². The first-order chi connectivity index (χ1) is 8.18. The Hall–Kier alpha value is -0.720. The number of aryl methyl sites for hydroxylation is 1. The molecule has 0 N–H and O–H groups in total. The Morgan fingerprint density at radius 1 is 1.12 bits per heavy atom. The van der Waals surface area contributed by atoms with Crippen LogP contribution in [0.4, 0.5) is 0 Å². The fraction of sp³-hybridized carbons (Fsp3) is 0.750. The molecule has 1 saturated carbocycles. The molecule has 1 heteroatoms. The van der Waals surface area contributed by atoms with E-state index in [9.17, 15) is 0 Å². The molecule has 1 aromatic heterocycles. The van der Waals surface area contributed by atoms with E-state index >= 15 is 0 Å². The molecule has 96 valence electrons. The summed E-state index contributed by atoms with van der Waals surface area (Å²) in [4.78, 5) is 0. The largest absolute Gasteiger partial charge is 0.348 e. The molecular weight excluding hydrogens is 206 g/mol. The van der Waals surface area contributed by atoms with Gasteiger partial charge in [0.15, 0.2) is 0 Å². The van der Waals surface area contributed by atoms with Crippen LogP contribution in [0.2, 0.25) is 0 Å². The molecule has 0 radical (unpaired) electrons. The second-order valence-electron chi connectivity index (χ2n) is 6.08. The van der Waals surface area contributed by atoms with Gasteiger partial charge in [0.1, 0.15) is 0 Å². The van der Waals surface area contributed by atoms with Crippen LogP contribution in [-0.4, -0.2) is 4.57 Å². The third kappa shape index (κ3) is 3.14. The zero-order valence-corrected chi connectivity index (χ0v) is 11.7. The molecule has 0 aliphatic heterocycles. The highest BCUT2D eigenvalue weighted by Crippen LogP contribution is 2.33. The molecule has 0 aromatic carbocycles. The van der Waals surface area contributed by atoms with Gasteiger partial charge in [0.05, 0.1) is 0 Å². The summed E-state index contributed by atoms with van der Waals surface area (Å²) in [6.45, 7) is 7.12. The van der Waals surface area contributed by atoms with E-state index in [-0.39, 0.29) is 0 Å². The molecule has 1 aliphatic rings. The van der Waals surface area contributed by atoms with Crippen LogP contribution in [0.3, 0.4) is 0 Å². The van der Waals surface area contributed by atoms with Crippen LogP contribution in [0.5, 0.6) is 0 Å². The maximum atomic E-state index is 2.52. The lowest BCUT2D eigenvalue weighted by atomic mass is 9.88. The number of nitrogens with zero attached hydrogens (tertiary/aromatic N) is 1. The lowest BCUT2D eigenvalue weighted by Crippen LogP contribution is -2.19. The maximum Gasteiger partial charge on any atom is 0.0358 e. The van der Waals surface area contributed by atoms with Crippen LogP contribution < -0.4 is 0 Å². The van der Waals surface area contributed by atoms with Gasteiger partial charge >= 0.3 is 0 Å². The van der Waals surface area contributed by atoms with Gasteiger partial charge in [0.25, 0.3) is 0 Å². The standard InChI is InChI=1S/C16H27N/c1-13-8-5-4-6-10-16(14(2)12-13)17-11-7-9-15(17)3/h7,9,11,13-14,16H,4-6,8,10,12H2,1-3H3. The van der Waals surface area contributed by atoms with Crippen molar-refractivity contribution in [3.63, 3.8) is 0 Å². The summed E-state index contributed by atoms with van der Waals surface area (Å²) in [7, 11) is 0. The quantitative estimate of drug-likeness (QED) is 0.646. The van der Waals surface area contributed by atoms with Crippen LogP contribution in [0.15, 0.2) is 18.3 Å². The fourth-order valence-electron chi connectivity index (χ4n) is 3.48. The Morgan fingerprint density at radius 3 is 2.59 bits per heavy atom. The van der Waals surface area contributed by atoms with Crippen molar-refractivity contribution in [3.05, 3.63) is 24.0 Å². The fourth-order valence-corrected chi connectivity index (χ4v) is 3.48. The number of hydrogen-bond donors (Lipinski definition) is 0. The van der Waals surface area contributed by atoms with Gasteiger partial charge in [-0.2, -0.15) is 0 Å². The predicted molar refractivity (Wildman–Crippen MR) is 74.2 cm³/mol. The Bertz CT molecular complexity index is 339. The molecule has 0 bridgehead atoms. The SMILES string of the molecule is Cc1cccn1C1CCCCCC(C)CC1C. The van der Waals surface area contributed by atoms with E-state index in [1.54, 1.807) is 0 Å². The Balaban J connectivity index is 2.14. The summed E-state index contributed by atoms with van der Waals surface area (Å²) in [6, 6.07) is 5.16. The van der Waals surface area contributed by atoms with E-state index in [1.807, 2.05) is 0 Å². The predicted octanol–water partition coefficient (Wildman–Crippen LogP) is 4.96. The molecule has 1 aliphatic carbocycles. The molecule has 1 fully saturated rings. The third-order valence-electron chi connectivity index (χ3n) is 4.48. The summed E-state index contributed by atoms with van der Waals surface area (Å²) in [5.41, 5.74) is 1.42. The second kappa shape index (κ2) is 5.75. The summed E-state index contributed by atoms with van der Waals surface area (Å²) in [5.74, 6) is 1.72. The molecule has 0 spiro atoms. The first-order valence-electron chi connectivity index (χ1n) is 7.32. The van der Waals surface area contributed by atoms with Gasteiger partial charge in [-0.3, -0.25) is 0 Å². The van der Waals surface area contributed by atoms with Gasteiger partial charge < -0.3 is 4.57 Å². The zero-order valence-electron chi connectivity index (χ0n) is 11.7. The maximum absolute atomic E-state index is 2.52. The first kappa shape index (κ1) is 12.7. The van der Waals surface area contributed by atoms with Gasteiger partial charge in [-0.05, 0) is 43.7 Å². The van der Waals surface area contributed by atoms with Gasteiger partial charge in [-0.15, -0.1) is 0 Å². The summed E-state index contributed by atoms with van der Waals surface area (Å²) in [6.07, 6.45) is 10.7. The Labute approximate surface area is 106 Å². The number of rotatable bonds is 1. The molecule has 0 saturated heterocycles. The van der Waals surface area contributed by atoms with Crippen LogP contribution in [0, 0.1) is 18.8 Å². The molecule has 1 heterocycles. The normalized spacial score (nSPS) is 31.6. The van der Waals surface area contributed by atoms with Crippen molar-refractivity contribution in [2.45, 2.75) is 65.3 Å². The summed E-state index contributed by atoms with van der Waals surface area (Å²) in [5, 5.41) is 0. The third-order valence-corrected chi connectivity index (χ3v) is 4.48. The van der Waals surface area contributed by atoms with Crippen LogP contribution in [0.1, 0.15) is 64.1 Å². The highest BCUT2D eigenvalue weighted by Gasteiger charge is 2.22. The number of aromatic nitrogens is 1. The van der Waals surface area contributed by atoms with Gasteiger partial charge in [-0.1, -0.05) is 39.5 Å². The van der Waals surface area contributed by atoms with E-state index in [0.717, 1.165) is 17.9 Å². The average Bonchev–Trinajstić information content (AvgIpc) is 2.70. The van der Waals surface area contributed by atoms with Crippen molar-refractivity contribution in [3.8, 4) is 0 Å². The van der Waals surface area contributed by atoms with Crippen molar-refractivity contribution >= 4 is 0 Å². The minimum absolute atomic E-state index is 0.727. The lowest BCUT2D eigenvalue weighted by molar-refractivity contribution is 0.280. The molecule has 3 atom stereocenters. The van der Waals surface area contributed by atoms with E-state index in [0.29, 0.717) is 0 Å². The monoisotopic (exact) mass is 233 g/mol. The van der Waals surface area contributed by atoms with Crippen molar-refractivity contribution in [2.24, 2.45) is 11.8 Å². The second-order valence-corrected chi connectivity index (χ2v) is 6.08. The van der Waals surface area contributed by atoms with Crippen LogP contribution in [-0.2, 0) is 0 Å². The minimum atomic E-state index is 0.727. The molecule has 1 aromatic rings. The Kier molecular flexibility index (Phi) is 4.31. The number of hydrogen-bond acceptors (Lipinski definition) is 0. The molecular formula is C16H27N. The summed E-state index contributed by atoms with van der Waals surface area (Å²) < 4.78 is 2.52. The van der Waals surface area contributed by atoms with E-state index in [1.165, 1.54) is 44.2 Å². The van der Waals surface area contributed by atoms with Crippen molar-refractivity contribution < 1.29 is 0 Å². The molecule has 17 heavy (non-hydrogen) atoms. The van der Waals surface area contributed by atoms with E-state index in [2.05, 4.69) is 43.7 Å². The van der Waals surface area contributed by atoms with Gasteiger partial charge in [0, 0.05) is 17.9 Å². The van der Waals surface area contributed by atoms with Crippen LogP contribution >= 0.6 is 0 Å². The molecule has 1 nitrogen and oxygen atoms in total. The van der Waals surface area contributed by atoms with E-state index < -0.39 is 0 Å². The van der Waals surface area contributed by atoms with Crippen molar-refractivity contribution in [1.82, 2.24) is 4.57 Å². The highest BCUT2D eigenvalue weighted by molar-refractivity contribution is 5.06. The first-order valence-corrected chi connectivity index (χ1v) is 7.32. The Morgan fingerprint density at radius 2 is 1.88 bits per heavy atom. The topological polar surface area (TPSA) is 4.93 Å². The summed E-state index contributed by atoms with van der Waals surface area (Å²) >= 11 is 0. The molecule has 2 rings (SSSR count). The van der Waals surface area contributed by atoms with Gasteiger partial charge in [0.2, 0.25) is 0 Å². The van der Waals surface area contributed by atoms with Crippen molar-refractivity contribution in [2.75, 3.05) is 0 Å². The minimum Gasteiger partial charge on any atom is -0.348 e. The average molecular weight is 233 g/mol.